The number of thioether (sulfide) groups is 1. The first-order valence-corrected chi connectivity index (χ1v) is 6.16. The number of nitrogens with two attached hydrogens (primary N) is 1. The number of carbonyl (C=O) groups excluding carboxylic acids is 2. The highest BCUT2D eigenvalue weighted by atomic mass is 32.2. The van der Waals surface area contributed by atoms with Crippen LogP contribution in [0.3, 0.4) is 0 Å². The van der Waals surface area contributed by atoms with Crippen LogP contribution in [0.4, 0.5) is 0 Å². The minimum Gasteiger partial charge on any atom is -0.480 e. The van der Waals surface area contributed by atoms with Crippen molar-refractivity contribution >= 4 is 29.5 Å². The number of rotatable bonds is 8. The number of carboxylic acids is 1. The largest absolute Gasteiger partial charge is 0.480 e. The van der Waals surface area contributed by atoms with Crippen LogP contribution in [-0.4, -0.2) is 40.9 Å². The van der Waals surface area contributed by atoms with E-state index in [9.17, 15) is 14.4 Å². The number of primary amides is 1. The normalized spacial score (nSPS) is 11.8. The van der Waals surface area contributed by atoms with Gasteiger partial charge in [-0.3, -0.25) is 9.59 Å². The third kappa shape index (κ3) is 7.10. The van der Waals surface area contributed by atoms with Gasteiger partial charge in [-0.15, -0.1) is 0 Å². The molecule has 6 nitrogen and oxygen atoms in total. The summed E-state index contributed by atoms with van der Waals surface area (Å²) in [6.45, 7) is 0. The lowest BCUT2D eigenvalue weighted by Crippen LogP contribution is -2.41. The predicted octanol–water partition coefficient (Wildman–Crippen LogP) is -0.426. The summed E-state index contributed by atoms with van der Waals surface area (Å²) in [6.07, 6.45) is 2.09. The molecule has 0 aliphatic carbocycles. The van der Waals surface area contributed by atoms with Crippen molar-refractivity contribution < 1.29 is 19.5 Å². The standard InChI is InChI=1S/C9H16N2O4S/c1-16-5-4-8(13)11-6(9(14)15)2-3-7(10)12/h6H,2-5H2,1H3,(H2,10,12)(H,11,13)(H,14,15)/t6-/m0/s1. The van der Waals surface area contributed by atoms with Gasteiger partial charge in [0, 0.05) is 18.6 Å². The lowest BCUT2D eigenvalue weighted by Gasteiger charge is -2.13. The molecule has 0 aliphatic rings. The van der Waals surface area contributed by atoms with E-state index in [2.05, 4.69) is 5.32 Å². The Bertz CT molecular complexity index is 270. The van der Waals surface area contributed by atoms with E-state index in [1.165, 1.54) is 11.8 Å². The Morgan fingerprint density at radius 1 is 1.38 bits per heavy atom. The molecular formula is C9H16N2O4S. The highest BCUT2D eigenvalue weighted by Crippen LogP contribution is 2.00. The van der Waals surface area contributed by atoms with Gasteiger partial charge >= 0.3 is 5.97 Å². The third-order valence-corrected chi connectivity index (χ3v) is 2.46. The first kappa shape index (κ1) is 14.8. The fourth-order valence-corrected chi connectivity index (χ4v) is 1.39. The zero-order valence-corrected chi connectivity index (χ0v) is 9.88. The van der Waals surface area contributed by atoms with Gasteiger partial charge in [0.25, 0.3) is 0 Å². The molecule has 0 aliphatic heterocycles. The summed E-state index contributed by atoms with van der Waals surface area (Å²) in [5.41, 5.74) is 4.90. The van der Waals surface area contributed by atoms with Crippen molar-refractivity contribution in [3.8, 4) is 0 Å². The average Bonchev–Trinajstić information content (AvgIpc) is 2.20. The fourth-order valence-electron chi connectivity index (χ4n) is 1.01. The minimum absolute atomic E-state index is 0.0235. The van der Waals surface area contributed by atoms with Gasteiger partial charge in [0.05, 0.1) is 0 Å². The molecule has 0 unspecified atom stereocenters. The number of amides is 2. The summed E-state index contributed by atoms with van der Waals surface area (Å²) < 4.78 is 0. The summed E-state index contributed by atoms with van der Waals surface area (Å²) in [6, 6.07) is -1.04. The second kappa shape index (κ2) is 7.98. The molecule has 0 rings (SSSR count). The lowest BCUT2D eigenvalue weighted by atomic mass is 10.1. The molecule has 4 N–H and O–H groups in total. The van der Waals surface area contributed by atoms with Gasteiger partial charge in [-0.1, -0.05) is 0 Å². The van der Waals surface area contributed by atoms with E-state index >= 15 is 0 Å². The maximum absolute atomic E-state index is 11.3. The maximum Gasteiger partial charge on any atom is 0.326 e. The monoisotopic (exact) mass is 248 g/mol. The van der Waals surface area contributed by atoms with E-state index < -0.39 is 17.9 Å². The summed E-state index contributed by atoms with van der Waals surface area (Å²) in [5, 5.41) is 11.1. The van der Waals surface area contributed by atoms with Crippen molar-refractivity contribution in [1.82, 2.24) is 5.32 Å². The molecule has 0 bridgehead atoms. The molecule has 0 heterocycles. The van der Waals surface area contributed by atoms with Crippen LogP contribution in [0.5, 0.6) is 0 Å². The van der Waals surface area contributed by atoms with Crippen molar-refractivity contribution in [1.29, 1.82) is 0 Å². The number of aliphatic carboxylic acids is 1. The van der Waals surface area contributed by atoms with E-state index in [0.717, 1.165) is 0 Å². The van der Waals surface area contributed by atoms with E-state index in [4.69, 9.17) is 10.8 Å². The van der Waals surface area contributed by atoms with Gasteiger partial charge in [-0.2, -0.15) is 11.8 Å². The maximum atomic E-state index is 11.3. The number of hydrogen-bond acceptors (Lipinski definition) is 4. The van der Waals surface area contributed by atoms with Crippen molar-refractivity contribution in [2.24, 2.45) is 5.73 Å². The number of hydrogen-bond donors (Lipinski definition) is 3. The Kier molecular flexibility index (Phi) is 7.36. The van der Waals surface area contributed by atoms with Crippen molar-refractivity contribution in [3.05, 3.63) is 0 Å². The topological polar surface area (TPSA) is 109 Å². The molecule has 2 amide bonds. The van der Waals surface area contributed by atoms with Crippen molar-refractivity contribution in [2.45, 2.75) is 25.3 Å². The van der Waals surface area contributed by atoms with Crippen LogP contribution in [0.2, 0.25) is 0 Å². The molecule has 92 valence electrons. The van der Waals surface area contributed by atoms with E-state index in [-0.39, 0.29) is 25.2 Å². The molecule has 0 saturated heterocycles. The number of nitrogens with one attached hydrogen (secondary N) is 1. The highest BCUT2D eigenvalue weighted by molar-refractivity contribution is 7.98. The average molecular weight is 248 g/mol. The second-order valence-corrected chi connectivity index (χ2v) is 4.19. The highest BCUT2D eigenvalue weighted by Gasteiger charge is 2.19. The van der Waals surface area contributed by atoms with E-state index in [1.807, 2.05) is 6.26 Å². The van der Waals surface area contributed by atoms with Crippen LogP contribution in [0, 0.1) is 0 Å². The first-order chi connectivity index (χ1) is 7.47. The predicted molar refractivity (Wildman–Crippen MR) is 61.0 cm³/mol. The molecule has 0 fully saturated rings. The molecule has 7 heteroatoms. The van der Waals surface area contributed by atoms with Gasteiger partial charge < -0.3 is 16.2 Å². The summed E-state index contributed by atoms with van der Waals surface area (Å²) in [7, 11) is 0. The van der Waals surface area contributed by atoms with E-state index in [1.54, 1.807) is 0 Å². The zero-order chi connectivity index (χ0) is 12.6. The Morgan fingerprint density at radius 3 is 2.44 bits per heavy atom. The first-order valence-electron chi connectivity index (χ1n) is 4.76. The molecule has 0 aromatic heterocycles. The molecule has 1 atom stereocenters. The minimum atomic E-state index is -1.15. The van der Waals surface area contributed by atoms with Crippen LogP contribution in [-0.2, 0) is 14.4 Å². The second-order valence-electron chi connectivity index (χ2n) is 3.21. The molecular weight excluding hydrogens is 232 g/mol. The Morgan fingerprint density at radius 2 is 2.00 bits per heavy atom. The summed E-state index contributed by atoms with van der Waals surface area (Å²) in [5.74, 6) is -1.43. The van der Waals surface area contributed by atoms with E-state index in [0.29, 0.717) is 5.75 Å². The SMILES string of the molecule is CSCCC(=O)N[C@@H](CCC(N)=O)C(=O)O. The fraction of sp³-hybridized carbons (Fsp3) is 0.667. The third-order valence-electron chi connectivity index (χ3n) is 1.85. The quantitative estimate of drug-likeness (QED) is 0.540. The molecule has 0 radical (unpaired) electrons. The zero-order valence-electron chi connectivity index (χ0n) is 9.06. The van der Waals surface area contributed by atoms with Crippen LogP contribution >= 0.6 is 11.8 Å². The van der Waals surface area contributed by atoms with Crippen LogP contribution < -0.4 is 11.1 Å². The molecule has 0 aromatic rings. The van der Waals surface area contributed by atoms with Crippen molar-refractivity contribution in [2.75, 3.05) is 12.0 Å². The lowest BCUT2D eigenvalue weighted by molar-refractivity contribution is -0.142. The van der Waals surface area contributed by atoms with Gasteiger partial charge in [0.1, 0.15) is 6.04 Å². The smallest absolute Gasteiger partial charge is 0.326 e. The van der Waals surface area contributed by atoms with Crippen LogP contribution in [0.25, 0.3) is 0 Å². The van der Waals surface area contributed by atoms with Gasteiger partial charge in [-0.05, 0) is 12.7 Å². The van der Waals surface area contributed by atoms with Gasteiger partial charge in [-0.25, -0.2) is 4.79 Å². The van der Waals surface area contributed by atoms with Crippen LogP contribution in [0.15, 0.2) is 0 Å². The Balaban J connectivity index is 4.07. The summed E-state index contributed by atoms with van der Waals surface area (Å²) >= 11 is 1.50. The van der Waals surface area contributed by atoms with Gasteiger partial charge in [0.2, 0.25) is 11.8 Å². The van der Waals surface area contributed by atoms with Crippen LogP contribution in [0.1, 0.15) is 19.3 Å². The Labute approximate surface area is 98.0 Å². The molecule has 0 aromatic carbocycles. The molecule has 0 saturated carbocycles. The number of carboxylic acid groups (broad SMARTS) is 1. The molecule has 16 heavy (non-hydrogen) atoms. The van der Waals surface area contributed by atoms with Gasteiger partial charge in [0.15, 0.2) is 0 Å². The number of carbonyl (C=O) groups is 3. The Hall–Kier alpha value is -1.24. The van der Waals surface area contributed by atoms with Crippen molar-refractivity contribution in [3.63, 3.8) is 0 Å². The molecule has 0 spiro atoms. The summed E-state index contributed by atoms with van der Waals surface area (Å²) in [4.78, 5) is 32.5.